The van der Waals surface area contributed by atoms with Gasteiger partial charge in [0, 0.05) is 17.6 Å². The molecule has 2 aliphatic heterocycles. The second-order valence-corrected chi connectivity index (χ2v) is 5.93. The summed E-state index contributed by atoms with van der Waals surface area (Å²) in [5, 5.41) is 9.12. The van der Waals surface area contributed by atoms with E-state index in [9.17, 15) is 4.79 Å². The fourth-order valence-electron chi connectivity index (χ4n) is 3.21. The fourth-order valence-corrected chi connectivity index (χ4v) is 3.21. The molecule has 2 atom stereocenters. The zero-order chi connectivity index (χ0) is 11.9. The minimum Gasteiger partial charge on any atom is -0.481 e. The Hall–Kier alpha value is -0.610. The molecule has 1 N–H and O–H groups in total. The smallest absolute Gasteiger partial charge is 0.306 e. The van der Waals surface area contributed by atoms with E-state index >= 15 is 0 Å². The lowest BCUT2D eigenvalue weighted by Gasteiger charge is -2.53. The molecule has 4 heteroatoms. The Morgan fingerprint density at radius 2 is 1.75 bits per heavy atom. The van der Waals surface area contributed by atoms with Gasteiger partial charge in [0.15, 0.2) is 0 Å². The molecule has 0 amide bonds. The quantitative estimate of drug-likeness (QED) is 0.734. The number of aliphatic carboxylic acids is 1. The lowest BCUT2D eigenvalue weighted by atomic mass is 9.82. The topological polar surface area (TPSA) is 49.8 Å². The van der Waals surface area contributed by atoms with Gasteiger partial charge < -0.3 is 9.84 Å². The summed E-state index contributed by atoms with van der Waals surface area (Å²) in [6.07, 6.45) is 1.45. The maximum Gasteiger partial charge on any atom is 0.306 e. The number of hydrogen-bond acceptors (Lipinski definition) is 3. The van der Waals surface area contributed by atoms with Gasteiger partial charge in [-0.25, -0.2) is 0 Å². The van der Waals surface area contributed by atoms with Gasteiger partial charge >= 0.3 is 5.97 Å². The molecule has 0 aromatic rings. The first-order valence-corrected chi connectivity index (χ1v) is 5.98. The highest BCUT2D eigenvalue weighted by Crippen LogP contribution is 2.36. The number of hydrogen-bond donors (Lipinski definition) is 1. The SMILES string of the molecule is CC(C)(C)N1C2COCC1CC(C(=O)O)C2. The second kappa shape index (κ2) is 4.00. The molecule has 2 rings (SSSR count). The van der Waals surface area contributed by atoms with Crippen LogP contribution in [0.1, 0.15) is 33.6 Å². The number of nitrogens with zero attached hydrogens (tertiary/aromatic N) is 1. The van der Waals surface area contributed by atoms with Gasteiger partial charge in [-0.15, -0.1) is 0 Å². The summed E-state index contributed by atoms with van der Waals surface area (Å²) in [5.41, 5.74) is 0.0998. The van der Waals surface area contributed by atoms with Crippen LogP contribution in [-0.4, -0.2) is 46.8 Å². The molecular formula is C12H21NO3. The molecule has 2 saturated heterocycles. The summed E-state index contributed by atoms with van der Waals surface area (Å²) >= 11 is 0. The van der Waals surface area contributed by atoms with Crippen LogP contribution < -0.4 is 0 Å². The third kappa shape index (κ3) is 2.09. The number of carboxylic acid groups (broad SMARTS) is 1. The van der Waals surface area contributed by atoms with Gasteiger partial charge in [0.2, 0.25) is 0 Å². The minimum absolute atomic E-state index is 0.0998. The highest BCUT2D eigenvalue weighted by Gasteiger charge is 2.45. The van der Waals surface area contributed by atoms with Gasteiger partial charge in [0.1, 0.15) is 0 Å². The highest BCUT2D eigenvalue weighted by molar-refractivity contribution is 5.70. The zero-order valence-electron chi connectivity index (χ0n) is 10.3. The lowest BCUT2D eigenvalue weighted by molar-refractivity contribution is -0.157. The number of carboxylic acids is 1. The van der Waals surface area contributed by atoms with E-state index in [4.69, 9.17) is 9.84 Å². The van der Waals surface area contributed by atoms with Gasteiger partial charge in [-0.3, -0.25) is 9.69 Å². The zero-order valence-corrected chi connectivity index (χ0v) is 10.3. The van der Waals surface area contributed by atoms with E-state index in [0.717, 1.165) is 12.8 Å². The van der Waals surface area contributed by atoms with Crippen molar-refractivity contribution in [1.29, 1.82) is 0 Å². The lowest BCUT2D eigenvalue weighted by Crippen LogP contribution is -2.63. The summed E-state index contributed by atoms with van der Waals surface area (Å²) in [4.78, 5) is 13.5. The Labute approximate surface area is 96.6 Å². The van der Waals surface area contributed by atoms with E-state index in [-0.39, 0.29) is 23.5 Å². The predicted octanol–water partition coefficient (Wildman–Crippen LogP) is 1.35. The first kappa shape index (κ1) is 11.9. The Balaban J connectivity index is 2.17. The van der Waals surface area contributed by atoms with Crippen LogP contribution in [0.5, 0.6) is 0 Å². The van der Waals surface area contributed by atoms with Crippen molar-refractivity contribution < 1.29 is 14.6 Å². The molecule has 0 aromatic carbocycles. The van der Waals surface area contributed by atoms with Crippen LogP contribution >= 0.6 is 0 Å². The molecular weight excluding hydrogens is 206 g/mol. The van der Waals surface area contributed by atoms with Crippen LogP contribution in [0.25, 0.3) is 0 Å². The number of morpholine rings is 1. The third-order valence-corrected chi connectivity index (χ3v) is 3.64. The van der Waals surface area contributed by atoms with Gasteiger partial charge in [0.25, 0.3) is 0 Å². The van der Waals surface area contributed by atoms with E-state index in [1.807, 2.05) is 0 Å². The number of piperidine rings is 1. The van der Waals surface area contributed by atoms with Gasteiger partial charge in [-0.1, -0.05) is 0 Å². The average molecular weight is 227 g/mol. The molecule has 2 fully saturated rings. The summed E-state index contributed by atoms with van der Waals surface area (Å²) in [7, 11) is 0. The van der Waals surface area contributed by atoms with Crippen molar-refractivity contribution in [3.8, 4) is 0 Å². The van der Waals surface area contributed by atoms with Crippen molar-refractivity contribution in [2.24, 2.45) is 5.92 Å². The number of fused-ring (bicyclic) bond motifs is 2. The molecule has 2 aliphatic rings. The normalized spacial score (nSPS) is 36.1. The van der Waals surface area contributed by atoms with Crippen molar-refractivity contribution in [3.05, 3.63) is 0 Å². The van der Waals surface area contributed by atoms with E-state index in [1.165, 1.54) is 0 Å². The number of ether oxygens (including phenoxy) is 1. The molecule has 2 heterocycles. The maximum absolute atomic E-state index is 11.1. The molecule has 0 aromatic heterocycles. The van der Waals surface area contributed by atoms with Gasteiger partial charge in [0.05, 0.1) is 19.1 Å². The Kier molecular flexibility index (Phi) is 2.97. The van der Waals surface area contributed by atoms with Crippen LogP contribution in [-0.2, 0) is 9.53 Å². The third-order valence-electron chi connectivity index (χ3n) is 3.64. The van der Waals surface area contributed by atoms with Crippen molar-refractivity contribution >= 4 is 5.97 Å². The molecule has 0 radical (unpaired) electrons. The van der Waals surface area contributed by atoms with Crippen LogP contribution in [0.4, 0.5) is 0 Å². The van der Waals surface area contributed by atoms with Crippen molar-refractivity contribution in [2.75, 3.05) is 13.2 Å². The van der Waals surface area contributed by atoms with Crippen molar-refractivity contribution in [1.82, 2.24) is 4.90 Å². The molecule has 2 unspecified atom stereocenters. The number of rotatable bonds is 1. The summed E-state index contributed by atoms with van der Waals surface area (Å²) in [6.45, 7) is 7.94. The summed E-state index contributed by atoms with van der Waals surface area (Å²) < 4.78 is 5.56. The van der Waals surface area contributed by atoms with Gasteiger partial charge in [-0.05, 0) is 33.6 Å². The summed E-state index contributed by atoms with van der Waals surface area (Å²) in [5.74, 6) is -0.831. The minimum atomic E-state index is -0.648. The molecule has 2 bridgehead atoms. The molecule has 4 nitrogen and oxygen atoms in total. The van der Waals surface area contributed by atoms with Crippen LogP contribution in [0.2, 0.25) is 0 Å². The Morgan fingerprint density at radius 3 is 2.12 bits per heavy atom. The molecule has 0 saturated carbocycles. The second-order valence-electron chi connectivity index (χ2n) is 5.93. The maximum atomic E-state index is 11.1. The standard InChI is InChI=1S/C12H21NO3/c1-12(2,3)13-9-4-8(11(14)15)5-10(13)7-16-6-9/h8-10H,4-7H2,1-3H3,(H,14,15). The van der Waals surface area contributed by atoms with E-state index in [2.05, 4.69) is 25.7 Å². The first-order chi connectivity index (χ1) is 7.39. The van der Waals surface area contributed by atoms with E-state index < -0.39 is 5.97 Å². The summed E-state index contributed by atoms with van der Waals surface area (Å²) in [6, 6.07) is 0.544. The van der Waals surface area contributed by atoms with Crippen molar-refractivity contribution in [3.63, 3.8) is 0 Å². The molecule has 16 heavy (non-hydrogen) atoms. The van der Waals surface area contributed by atoms with Crippen LogP contribution in [0, 0.1) is 5.92 Å². The van der Waals surface area contributed by atoms with E-state index in [1.54, 1.807) is 0 Å². The first-order valence-electron chi connectivity index (χ1n) is 5.98. The molecule has 0 aliphatic carbocycles. The van der Waals surface area contributed by atoms with Gasteiger partial charge in [-0.2, -0.15) is 0 Å². The predicted molar refractivity (Wildman–Crippen MR) is 60.3 cm³/mol. The Bertz CT molecular complexity index is 270. The largest absolute Gasteiger partial charge is 0.481 e. The van der Waals surface area contributed by atoms with Crippen LogP contribution in [0.15, 0.2) is 0 Å². The molecule has 0 spiro atoms. The Morgan fingerprint density at radius 1 is 1.25 bits per heavy atom. The highest BCUT2D eigenvalue weighted by atomic mass is 16.5. The average Bonchev–Trinajstić information content (AvgIpc) is 2.13. The van der Waals surface area contributed by atoms with Crippen molar-refractivity contribution in [2.45, 2.75) is 51.2 Å². The van der Waals surface area contributed by atoms with E-state index in [0.29, 0.717) is 13.2 Å². The fraction of sp³-hybridized carbons (Fsp3) is 0.917. The number of carbonyl (C=O) groups is 1. The van der Waals surface area contributed by atoms with Crippen LogP contribution in [0.3, 0.4) is 0 Å². The molecule has 92 valence electrons. The monoisotopic (exact) mass is 227 g/mol.